The first-order valence-corrected chi connectivity index (χ1v) is 12.5. The Balaban J connectivity index is 1.33. The number of aromatic amines is 1. The summed E-state index contributed by atoms with van der Waals surface area (Å²) in [5.41, 5.74) is 1.60. The van der Waals surface area contributed by atoms with Gasteiger partial charge in [-0.3, -0.25) is 4.79 Å². The minimum atomic E-state index is -3.81. The van der Waals surface area contributed by atoms with Gasteiger partial charge in [0.1, 0.15) is 11.6 Å². The topological polar surface area (TPSA) is 95.6 Å². The molecule has 1 aliphatic heterocycles. The molecule has 1 aliphatic rings. The van der Waals surface area contributed by atoms with E-state index >= 15 is 0 Å². The summed E-state index contributed by atoms with van der Waals surface area (Å²) in [7, 11) is -2.22. The van der Waals surface area contributed by atoms with Crippen molar-refractivity contribution in [2.75, 3.05) is 39.0 Å². The van der Waals surface area contributed by atoms with Gasteiger partial charge in [0.2, 0.25) is 15.9 Å². The Kier molecular flexibility index (Phi) is 6.61. The summed E-state index contributed by atoms with van der Waals surface area (Å²) in [4.78, 5) is 21.8. The van der Waals surface area contributed by atoms with Gasteiger partial charge in [-0.15, -0.1) is 0 Å². The van der Waals surface area contributed by atoms with Crippen molar-refractivity contribution in [1.29, 1.82) is 0 Å². The zero-order valence-corrected chi connectivity index (χ0v) is 19.4. The molecule has 32 heavy (non-hydrogen) atoms. The van der Waals surface area contributed by atoms with Crippen LogP contribution in [-0.4, -0.2) is 72.5 Å². The maximum atomic E-state index is 13.4. The Hall–Kier alpha value is -2.34. The van der Waals surface area contributed by atoms with Crippen molar-refractivity contribution in [3.05, 3.63) is 47.2 Å². The van der Waals surface area contributed by atoms with Crippen molar-refractivity contribution in [2.24, 2.45) is 0 Å². The molecular weight excluding hydrogens is 479 g/mol. The lowest BCUT2D eigenvalue weighted by Crippen LogP contribution is -2.50. The largest absolute Gasteiger partial charge is 0.497 e. The third-order valence-corrected chi connectivity index (χ3v) is 8.16. The predicted molar refractivity (Wildman–Crippen MR) is 120 cm³/mol. The molecule has 0 atom stereocenters. The minimum absolute atomic E-state index is 0.0688. The second kappa shape index (κ2) is 9.26. The molecule has 1 fully saturated rings. The van der Waals surface area contributed by atoms with Crippen LogP contribution in [0.5, 0.6) is 5.75 Å². The molecule has 0 radical (unpaired) electrons. The van der Waals surface area contributed by atoms with Gasteiger partial charge >= 0.3 is 0 Å². The number of hydrogen-bond acceptors (Lipinski definition) is 6. The molecule has 1 aromatic heterocycles. The predicted octanol–water partition coefficient (Wildman–Crippen LogP) is 2.99. The highest BCUT2D eigenvalue weighted by molar-refractivity contribution is 7.99. The summed E-state index contributed by atoms with van der Waals surface area (Å²) in [5.74, 6) is 0.110. The third kappa shape index (κ3) is 4.70. The fourth-order valence-corrected chi connectivity index (χ4v) is 5.83. The molecule has 0 saturated carbocycles. The van der Waals surface area contributed by atoms with Crippen LogP contribution in [0.4, 0.5) is 4.39 Å². The average Bonchev–Trinajstić information content (AvgIpc) is 3.21. The van der Waals surface area contributed by atoms with E-state index in [0.717, 1.165) is 23.2 Å². The number of imidazole rings is 1. The number of nitrogens with zero attached hydrogens (tertiary/aromatic N) is 3. The number of fused-ring (bicyclic) bond motifs is 1. The first-order chi connectivity index (χ1) is 15.3. The lowest BCUT2D eigenvalue weighted by atomic mass is 10.3. The zero-order chi connectivity index (χ0) is 22.9. The molecule has 1 saturated heterocycles. The van der Waals surface area contributed by atoms with E-state index in [1.165, 1.54) is 22.1 Å². The van der Waals surface area contributed by atoms with Crippen LogP contribution in [0.2, 0.25) is 5.02 Å². The Labute approximate surface area is 193 Å². The lowest BCUT2D eigenvalue weighted by Gasteiger charge is -2.34. The van der Waals surface area contributed by atoms with Crippen LogP contribution in [0.15, 0.2) is 46.5 Å². The van der Waals surface area contributed by atoms with Crippen LogP contribution in [0.3, 0.4) is 0 Å². The van der Waals surface area contributed by atoms with Crippen LogP contribution in [-0.2, 0) is 14.8 Å². The van der Waals surface area contributed by atoms with Gasteiger partial charge in [-0.1, -0.05) is 23.4 Å². The molecule has 1 amide bonds. The van der Waals surface area contributed by atoms with Gasteiger partial charge in [0.15, 0.2) is 5.16 Å². The number of rotatable bonds is 6. The van der Waals surface area contributed by atoms with Crippen molar-refractivity contribution in [3.63, 3.8) is 0 Å². The number of amides is 1. The fourth-order valence-electron chi connectivity index (χ4n) is 3.35. The van der Waals surface area contributed by atoms with E-state index in [2.05, 4.69) is 9.97 Å². The van der Waals surface area contributed by atoms with Crippen LogP contribution in [0, 0.1) is 5.82 Å². The van der Waals surface area contributed by atoms with Gasteiger partial charge in [-0.05, 0) is 30.3 Å². The second-order valence-electron chi connectivity index (χ2n) is 7.07. The smallest absolute Gasteiger partial charge is 0.243 e. The first-order valence-electron chi connectivity index (χ1n) is 9.67. The molecule has 0 spiro atoms. The van der Waals surface area contributed by atoms with Crippen molar-refractivity contribution >= 4 is 50.3 Å². The number of halogens is 2. The third-order valence-electron chi connectivity index (χ3n) is 5.12. The number of ether oxygens (including phenoxy) is 1. The summed E-state index contributed by atoms with van der Waals surface area (Å²) >= 11 is 7.01. The number of aromatic nitrogens is 2. The number of carbonyl (C=O) groups is 1. The number of thioether (sulfide) groups is 1. The van der Waals surface area contributed by atoms with Crippen LogP contribution in [0.25, 0.3) is 11.0 Å². The van der Waals surface area contributed by atoms with E-state index in [9.17, 15) is 17.6 Å². The van der Waals surface area contributed by atoms with E-state index < -0.39 is 15.8 Å². The highest BCUT2D eigenvalue weighted by Crippen LogP contribution is 2.25. The summed E-state index contributed by atoms with van der Waals surface area (Å²) in [6.45, 7) is 0.839. The number of methoxy groups -OCH3 is 1. The normalized spacial score (nSPS) is 15.3. The average molecular weight is 499 g/mol. The SMILES string of the molecule is COc1ccc2nc(SCC(=O)N3CCN(S(=O)(=O)c4ccc(F)c(Cl)c4)CC3)[nH]c2c1. The monoisotopic (exact) mass is 498 g/mol. The Morgan fingerprint density at radius 1 is 1.22 bits per heavy atom. The van der Waals surface area contributed by atoms with Crippen molar-refractivity contribution in [1.82, 2.24) is 19.2 Å². The first kappa shape index (κ1) is 22.8. The second-order valence-corrected chi connectivity index (χ2v) is 10.4. The van der Waals surface area contributed by atoms with Crippen molar-refractivity contribution in [2.45, 2.75) is 10.1 Å². The van der Waals surface area contributed by atoms with Crippen molar-refractivity contribution < 1.29 is 22.3 Å². The van der Waals surface area contributed by atoms with Gasteiger partial charge in [-0.25, -0.2) is 17.8 Å². The number of sulfonamides is 1. The van der Waals surface area contributed by atoms with E-state index in [-0.39, 0.29) is 47.8 Å². The van der Waals surface area contributed by atoms with Gasteiger partial charge in [0.05, 0.1) is 33.8 Å². The van der Waals surface area contributed by atoms with Crippen molar-refractivity contribution in [3.8, 4) is 5.75 Å². The highest BCUT2D eigenvalue weighted by atomic mass is 35.5. The minimum Gasteiger partial charge on any atom is -0.497 e. The number of carbonyl (C=O) groups excluding carboxylic acids is 1. The Bertz CT molecular complexity index is 1260. The van der Waals surface area contributed by atoms with Gasteiger partial charge in [-0.2, -0.15) is 4.31 Å². The zero-order valence-electron chi connectivity index (χ0n) is 17.0. The van der Waals surface area contributed by atoms with Crippen LogP contribution in [0.1, 0.15) is 0 Å². The van der Waals surface area contributed by atoms with E-state index in [1.807, 2.05) is 18.2 Å². The number of H-pyrrole nitrogens is 1. The molecule has 3 aromatic rings. The van der Waals surface area contributed by atoms with Crippen LogP contribution >= 0.6 is 23.4 Å². The highest BCUT2D eigenvalue weighted by Gasteiger charge is 2.30. The van der Waals surface area contributed by atoms with Gasteiger partial charge < -0.3 is 14.6 Å². The van der Waals surface area contributed by atoms with Gasteiger partial charge in [0.25, 0.3) is 0 Å². The fraction of sp³-hybridized carbons (Fsp3) is 0.300. The van der Waals surface area contributed by atoms with E-state index in [1.54, 1.807) is 12.0 Å². The summed E-state index contributed by atoms with van der Waals surface area (Å²) in [6, 6.07) is 8.81. The molecule has 1 N–H and O–H groups in total. The Morgan fingerprint density at radius 3 is 2.66 bits per heavy atom. The van der Waals surface area contributed by atoms with Crippen LogP contribution < -0.4 is 4.74 Å². The molecule has 8 nitrogen and oxygen atoms in total. The molecular formula is C20H20ClFN4O4S2. The maximum absolute atomic E-state index is 13.4. The number of nitrogens with one attached hydrogen (secondary N) is 1. The van der Waals surface area contributed by atoms with E-state index in [4.69, 9.17) is 16.3 Å². The molecule has 2 heterocycles. The molecule has 0 aliphatic carbocycles. The number of hydrogen-bond donors (Lipinski definition) is 1. The summed E-state index contributed by atoms with van der Waals surface area (Å²) in [6.07, 6.45) is 0. The molecule has 170 valence electrons. The number of piperazine rings is 1. The molecule has 2 aromatic carbocycles. The molecule has 4 rings (SSSR count). The Morgan fingerprint density at radius 2 is 1.97 bits per heavy atom. The molecule has 0 bridgehead atoms. The maximum Gasteiger partial charge on any atom is 0.243 e. The standard InChI is InChI=1S/C20H20ClFN4O4S2/c1-30-13-2-5-17-18(10-13)24-20(23-17)31-12-19(27)25-6-8-26(9-7-25)32(28,29)14-3-4-16(22)15(21)11-14/h2-5,10-11H,6-9,12H2,1H3,(H,23,24). The number of benzene rings is 2. The summed E-state index contributed by atoms with van der Waals surface area (Å²) < 4.78 is 45.4. The van der Waals surface area contributed by atoms with Gasteiger partial charge in [0, 0.05) is 32.2 Å². The molecule has 12 heteroatoms. The molecule has 0 unspecified atom stereocenters. The van der Waals surface area contributed by atoms with E-state index in [0.29, 0.717) is 10.9 Å². The quantitative estimate of drug-likeness (QED) is 0.525. The summed E-state index contributed by atoms with van der Waals surface area (Å²) in [5, 5.41) is 0.372. The lowest BCUT2D eigenvalue weighted by molar-refractivity contribution is -0.129.